The van der Waals surface area contributed by atoms with Crippen LogP contribution in [0.4, 0.5) is 5.69 Å². The largest absolute Gasteiger partial charge is 0.379 e. The Morgan fingerprint density at radius 3 is 2.61 bits per heavy atom. The Morgan fingerprint density at radius 2 is 1.89 bits per heavy atom. The van der Waals surface area contributed by atoms with E-state index >= 15 is 0 Å². The second-order valence-electron chi connectivity index (χ2n) is 6.66. The molecule has 0 amide bonds. The van der Waals surface area contributed by atoms with Crippen LogP contribution in [0.25, 0.3) is 17.2 Å². The zero-order valence-electron chi connectivity index (χ0n) is 15.7. The Bertz CT molecular complexity index is 1190. The van der Waals surface area contributed by atoms with E-state index in [1.807, 2.05) is 12.1 Å². The normalized spacial score (nSPS) is 11.1. The first-order valence-corrected chi connectivity index (χ1v) is 9.49. The number of nitrogens with zero attached hydrogens (tertiary/aromatic N) is 3. The Balaban J connectivity index is 1.60. The number of benzene rings is 2. The van der Waals surface area contributed by atoms with Crippen LogP contribution in [-0.4, -0.2) is 19.6 Å². The van der Waals surface area contributed by atoms with Crippen LogP contribution in [0.3, 0.4) is 0 Å². The fourth-order valence-electron chi connectivity index (χ4n) is 3.08. The molecule has 0 spiro atoms. The van der Waals surface area contributed by atoms with Crippen LogP contribution in [0.15, 0.2) is 53.3 Å². The number of fused-ring (bicyclic) bond motifs is 1. The van der Waals surface area contributed by atoms with E-state index in [1.165, 1.54) is 21.7 Å². The zero-order chi connectivity index (χ0) is 19.7. The van der Waals surface area contributed by atoms with Gasteiger partial charge >= 0.3 is 0 Å². The van der Waals surface area contributed by atoms with Gasteiger partial charge in [0.15, 0.2) is 5.82 Å². The molecule has 0 radical (unpaired) electrons. The Kier molecular flexibility index (Phi) is 4.88. The molecule has 142 valence electrons. The van der Waals surface area contributed by atoms with Crippen LogP contribution < -0.4 is 10.9 Å². The second-order valence-corrected chi connectivity index (χ2v) is 7.09. The first-order chi connectivity index (χ1) is 13.5. The standard InChI is InChI=1S/C21H20ClN5O/c1-3-14-4-9-18(13(2)10-14)23-12-17-11-19(28)27-21(24-17)25-20(26-27)15-5-7-16(22)8-6-15/h4-11,23H,3,12H2,1-2H3,(H,24,25,26). The van der Waals surface area contributed by atoms with E-state index in [-0.39, 0.29) is 5.56 Å². The minimum Gasteiger partial charge on any atom is -0.379 e. The molecule has 0 saturated heterocycles. The number of aryl methyl sites for hydroxylation is 2. The molecule has 7 heteroatoms. The van der Waals surface area contributed by atoms with Gasteiger partial charge in [-0.3, -0.25) is 9.89 Å². The number of hydrogen-bond donors (Lipinski definition) is 2. The van der Waals surface area contributed by atoms with Gasteiger partial charge in [-0.05, 0) is 54.8 Å². The van der Waals surface area contributed by atoms with Gasteiger partial charge in [0.05, 0.1) is 12.2 Å². The van der Waals surface area contributed by atoms with Crippen molar-refractivity contribution in [3.63, 3.8) is 0 Å². The maximum atomic E-state index is 12.5. The molecule has 4 aromatic rings. The Labute approximate surface area is 167 Å². The third-order valence-electron chi connectivity index (χ3n) is 4.66. The molecule has 0 saturated carbocycles. The molecule has 2 heterocycles. The van der Waals surface area contributed by atoms with Crippen LogP contribution >= 0.6 is 11.6 Å². The number of rotatable bonds is 5. The van der Waals surface area contributed by atoms with Crippen LogP contribution in [0.5, 0.6) is 0 Å². The number of H-pyrrole nitrogens is 1. The predicted octanol–water partition coefficient (Wildman–Crippen LogP) is 4.22. The van der Waals surface area contributed by atoms with Crippen molar-refractivity contribution in [2.45, 2.75) is 26.8 Å². The van der Waals surface area contributed by atoms with E-state index in [0.717, 1.165) is 17.7 Å². The summed E-state index contributed by atoms with van der Waals surface area (Å²) in [5.74, 6) is 0.907. The van der Waals surface area contributed by atoms with Gasteiger partial charge in [-0.25, -0.2) is 4.98 Å². The maximum Gasteiger partial charge on any atom is 0.274 e. The molecule has 0 aliphatic heterocycles. The highest BCUT2D eigenvalue weighted by Gasteiger charge is 2.10. The van der Waals surface area contributed by atoms with Crippen molar-refractivity contribution in [2.24, 2.45) is 0 Å². The average Bonchev–Trinajstić information content (AvgIpc) is 3.12. The molecule has 0 aliphatic rings. The highest BCUT2D eigenvalue weighted by Crippen LogP contribution is 2.19. The molecule has 4 rings (SSSR count). The highest BCUT2D eigenvalue weighted by atomic mass is 35.5. The number of nitrogens with one attached hydrogen (secondary N) is 2. The monoisotopic (exact) mass is 393 g/mol. The molecule has 0 unspecified atom stereocenters. The third-order valence-corrected chi connectivity index (χ3v) is 4.91. The van der Waals surface area contributed by atoms with Crippen molar-refractivity contribution >= 4 is 23.1 Å². The highest BCUT2D eigenvalue weighted by molar-refractivity contribution is 6.30. The lowest BCUT2D eigenvalue weighted by atomic mass is 10.1. The van der Waals surface area contributed by atoms with Crippen molar-refractivity contribution in [1.82, 2.24) is 19.6 Å². The predicted molar refractivity (Wildman–Crippen MR) is 112 cm³/mol. The van der Waals surface area contributed by atoms with E-state index in [2.05, 4.69) is 52.4 Å². The van der Waals surface area contributed by atoms with Crippen molar-refractivity contribution in [3.8, 4) is 11.4 Å². The summed E-state index contributed by atoms with van der Waals surface area (Å²) in [5.41, 5.74) is 4.77. The van der Waals surface area contributed by atoms with E-state index in [4.69, 9.17) is 11.6 Å². The summed E-state index contributed by atoms with van der Waals surface area (Å²) in [6, 6.07) is 15.1. The summed E-state index contributed by atoms with van der Waals surface area (Å²) in [5, 5.41) is 6.99. The zero-order valence-corrected chi connectivity index (χ0v) is 16.4. The number of aromatic amines is 1. The van der Waals surface area contributed by atoms with Gasteiger partial charge < -0.3 is 5.32 Å². The topological polar surface area (TPSA) is 75.1 Å². The summed E-state index contributed by atoms with van der Waals surface area (Å²) in [6.45, 7) is 4.65. The number of halogens is 1. The fourth-order valence-corrected chi connectivity index (χ4v) is 3.21. The van der Waals surface area contributed by atoms with Gasteiger partial charge in [-0.2, -0.15) is 9.50 Å². The molecule has 2 aromatic heterocycles. The quantitative estimate of drug-likeness (QED) is 0.532. The molecular weight excluding hydrogens is 374 g/mol. The lowest BCUT2D eigenvalue weighted by Crippen LogP contribution is -2.17. The molecule has 0 aliphatic carbocycles. The van der Waals surface area contributed by atoms with Gasteiger partial charge in [0.25, 0.3) is 11.3 Å². The number of hydrogen-bond acceptors (Lipinski definition) is 4. The molecule has 2 aromatic carbocycles. The lowest BCUT2D eigenvalue weighted by molar-refractivity contribution is 0.878. The van der Waals surface area contributed by atoms with Crippen molar-refractivity contribution in [2.75, 3.05) is 5.32 Å². The van der Waals surface area contributed by atoms with Crippen molar-refractivity contribution in [3.05, 3.63) is 80.7 Å². The van der Waals surface area contributed by atoms with Crippen LogP contribution in [-0.2, 0) is 13.0 Å². The molecular formula is C21H20ClN5O. The van der Waals surface area contributed by atoms with Crippen LogP contribution in [0.1, 0.15) is 23.7 Å². The van der Waals surface area contributed by atoms with Gasteiger partial charge in [0.1, 0.15) is 0 Å². The number of aromatic nitrogens is 4. The van der Waals surface area contributed by atoms with E-state index in [1.54, 1.807) is 12.1 Å². The molecule has 0 atom stereocenters. The fraction of sp³-hybridized carbons (Fsp3) is 0.190. The molecule has 6 nitrogen and oxygen atoms in total. The van der Waals surface area contributed by atoms with E-state index < -0.39 is 0 Å². The summed E-state index contributed by atoms with van der Waals surface area (Å²) < 4.78 is 1.34. The summed E-state index contributed by atoms with van der Waals surface area (Å²) in [4.78, 5) is 21.4. The van der Waals surface area contributed by atoms with Gasteiger partial charge in [-0.1, -0.05) is 30.7 Å². The maximum absolute atomic E-state index is 12.5. The van der Waals surface area contributed by atoms with Crippen LogP contribution in [0, 0.1) is 6.92 Å². The SMILES string of the molecule is CCc1ccc(NCc2cc(=O)n3[nH]c(-c4ccc(Cl)cc4)nc3n2)c(C)c1. The third kappa shape index (κ3) is 3.64. The van der Waals surface area contributed by atoms with Gasteiger partial charge in [0.2, 0.25) is 0 Å². The van der Waals surface area contributed by atoms with Gasteiger partial charge in [-0.15, -0.1) is 0 Å². The van der Waals surface area contributed by atoms with E-state index in [0.29, 0.717) is 28.9 Å². The second kappa shape index (κ2) is 7.48. The number of anilines is 1. The lowest BCUT2D eigenvalue weighted by Gasteiger charge is -2.10. The first-order valence-electron chi connectivity index (χ1n) is 9.11. The molecule has 0 bridgehead atoms. The average molecular weight is 394 g/mol. The van der Waals surface area contributed by atoms with E-state index in [9.17, 15) is 4.79 Å². The van der Waals surface area contributed by atoms with Crippen molar-refractivity contribution < 1.29 is 0 Å². The summed E-state index contributed by atoms with van der Waals surface area (Å²) in [7, 11) is 0. The van der Waals surface area contributed by atoms with Gasteiger partial charge in [0, 0.05) is 22.3 Å². The molecule has 2 N–H and O–H groups in total. The minimum atomic E-state index is -0.201. The smallest absolute Gasteiger partial charge is 0.274 e. The van der Waals surface area contributed by atoms with Crippen LogP contribution in [0.2, 0.25) is 5.02 Å². The minimum absolute atomic E-state index is 0.201. The first kappa shape index (κ1) is 18.3. The van der Waals surface area contributed by atoms with Crippen molar-refractivity contribution in [1.29, 1.82) is 0 Å². The Hall–Kier alpha value is -3.12. The summed E-state index contributed by atoms with van der Waals surface area (Å²) in [6.07, 6.45) is 1.01. The molecule has 28 heavy (non-hydrogen) atoms. The Morgan fingerprint density at radius 1 is 1.11 bits per heavy atom. The summed E-state index contributed by atoms with van der Waals surface area (Å²) >= 11 is 5.93. The molecule has 0 fully saturated rings.